The molecule has 2 aromatic rings. The number of nitrogens with zero attached hydrogens (tertiary/aromatic N) is 5. The van der Waals surface area contributed by atoms with Gasteiger partial charge in [-0.25, -0.2) is 9.99 Å². The van der Waals surface area contributed by atoms with Crippen LogP contribution in [0.5, 0.6) is 0 Å². The zero-order chi connectivity index (χ0) is 18.7. The third-order valence-electron chi connectivity index (χ3n) is 6.09. The van der Waals surface area contributed by atoms with Gasteiger partial charge in [0.15, 0.2) is 5.16 Å². The van der Waals surface area contributed by atoms with Crippen LogP contribution in [0, 0.1) is 0 Å². The molecule has 28 heavy (non-hydrogen) atoms. The summed E-state index contributed by atoms with van der Waals surface area (Å²) in [7, 11) is 0. The van der Waals surface area contributed by atoms with E-state index in [1.165, 1.54) is 52.0 Å². The second kappa shape index (κ2) is 6.72. The first-order valence-corrected chi connectivity index (χ1v) is 11.9. The Kier molecular flexibility index (Phi) is 4.14. The normalized spacial score (nSPS) is 22.8. The molecule has 0 bridgehead atoms. The van der Waals surface area contributed by atoms with Crippen LogP contribution in [0.25, 0.3) is 5.00 Å². The molecule has 2 saturated heterocycles. The summed E-state index contributed by atoms with van der Waals surface area (Å²) in [4.78, 5) is 16.1. The number of amides is 1. The van der Waals surface area contributed by atoms with Crippen molar-refractivity contribution < 1.29 is 4.79 Å². The lowest BCUT2D eigenvalue weighted by Gasteiger charge is -2.30. The van der Waals surface area contributed by atoms with E-state index >= 15 is 0 Å². The molecule has 1 amide bonds. The lowest BCUT2D eigenvalue weighted by atomic mass is 10.1. The van der Waals surface area contributed by atoms with Gasteiger partial charge < -0.3 is 4.90 Å². The van der Waals surface area contributed by atoms with Crippen molar-refractivity contribution in [2.75, 3.05) is 30.5 Å². The summed E-state index contributed by atoms with van der Waals surface area (Å²) in [6.45, 7) is 2.51. The molecule has 8 nitrogen and oxygen atoms in total. The molecule has 0 radical (unpaired) electrons. The monoisotopic (exact) mass is 417 g/mol. The molecule has 148 valence electrons. The number of rotatable bonds is 3. The fraction of sp³-hybridized carbons (Fsp3) is 0.611. The van der Waals surface area contributed by atoms with Crippen LogP contribution in [0.3, 0.4) is 0 Å². The Bertz CT molecular complexity index is 933. The van der Waals surface area contributed by atoms with E-state index in [0.29, 0.717) is 5.75 Å². The number of thiophene rings is 1. The number of fused-ring (bicyclic) bond motifs is 8. The number of aryl methyl sites for hydroxylation is 1. The van der Waals surface area contributed by atoms with Crippen molar-refractivity contribution in [3.05, 3.63) is 16.0 Å². The molecular formula is C18H23N7OS2. The molecule has 6 rings (SSSR count). The van der Waals surface area contributed by atoms with Crippen LogP contribution in [0.15, 0.2) is 5.16 Å². The van der Waals surface area contributed by atoms with E-state index in [0.717, 1.165) is 50.1 Å². The van der Waals surface area contributed by atoms with E-state index in [1.807, 2.05) is 16.2 Å². The van der Waals surface area contributed by atoms with Crippen LogP contribution < -0.4 is 15.8 Å². The fourth-order valence-electron chi connectivity index (χ4n) is 4.74. The van der Waals surface area contributed by atoms with Gasteiger partial charge in [-0.05, 0) is 44.1 Å². The van der Waals surface area contributed by atoms with Gasteiger partial charge in [0.2, 0.25) is 11.9 Å². The molecule has 5 heterocycles. The standard InChI is InChI=1S/C18H23N7OS2/c26-13(23-7-2-1-3-8-23)9-27-18-22-21-17-24(18)16-14(15-19-10-20-25(15)17)11-5-4-6-12(11)28-16/h15,19-20H,1-10H2. The Balaban J connectivity index is 1.32. The van der Waals surface area contributed by atoms with E-state index < -0.39 is 0 Å². The molecule has 0 spiro atoms. The molecule has 3 aliphatic heterocycles. The van der Waals surface area contributed by atoms with Crippen LogP contribution >= 0.6 is 23.1 Å². The number of likely N-dealkylation sites (tertiary alicyclic amines) is 1. The van der Waals surface area contributed by atoms with Crippen molar-refractivity contribution in [3.8, 4) is 5.00 Å². The molecule has 10 heteroatoms. The van der Waals surface area contributed by atoms with Gasteiger partial charge in [-0.15, -0.1) is 21.5 Å². The third-order valence-corrected chi connectivity index (χ3v) is 8.29. The molecule has 0 saturated carbocycles. The first-order valence-electron chi connectivity index (χ1n) is 10.1. The third kappa shape index (κ3) is 2.54. The number of thioether (sulfide) groups is 1. The highest BCUT2D eigenvalue weighted by Gasteiger charge is 2.42. The lowest BCUT2D eigenvalue weighted by molar-refractivity contribution is -0.129. The van der Waals surface area contributed by atoms with Crippen LogP contribution in [-0.4, -0.2) is 51.1 Å². The predicted octanol–water partition coefficient (Wildman–Crippen LogP) is 1.81. The van der Waals surface area contributed by atoms with Gasteiger partial charge in [0, 0.05) is 23.5 Å². The van der Waals surface area contributed by atoms with E-state index in [-0.39, 0.29) is 12.1 Å². The first-order chi connectivity index (χ1) is 13.8. The summed E-state index contributed by atoms with van der Waals surface area (Å²) in [5.41, 5.74) is 6.27. The largest absolute Gasteiger partial charge is 0.342 e. The maximum atomic E-state index is 12.6. The van der Waals surface area contributed by atoms with Crippen molar-refractivity contribution >= 4 is 35.0 Å². The van der Waals surface area contributed by atoms with Crippen LogP contribution in [0.1, 0.15) is 47.9 Å². The van der Waals surface area contributed by atoms with Gasteiger partial charge >= 0.3 is 0 Å². The van der Waals surface area contributed by atoms with Crippen LogP contribution in [0.2, 0.25) is 0 Å². The minimum absolute atomic E-state index is 0.123. The summed E-state index contributed by atoms with van der Waals surface area (Å²) < 4.78 is 2.16. The van der Waals surface area contributed by atoms with Gasteiger partial charge in [-0.1, -0.05) is 11.8 Å². The molecule has 1 unspecified atom stereocenters. The number of anilines is 1. The van der Waals surface area contributed by atoms with E-state index in [1.54, 1.807) is 0 Å². The molecule has 2 aromatic heterocycles. The van der Waals surface area contributed by atoms with Gasteiger partial charge in [0.1, 0.15) is 11.2 Å². The van der Waals surface area contributed by atoms with Crippen molar-refractivity contribution in [3.63, 3.8) is 0 Å². The van der Waals surface area contributed by atoms with Gasteiger partial charge in [-0.3, -0.25) is 15.1 Å². The van der Waals surface area contributed by atoms with Crippen molar-refractivity contribution in [2.24, 2.45) is 0 Å². The Morgan fingerprint density at radius 2 is 2.07 bits per heavy atom. The average Bonchev–Trinajstić information content (AvgIpc) is 3.47. The second-order valence-electron chi connectivity index (χ2n) is 7.74. The molecule has 1 atom stereocenters. The highest BCUT2D eigenvalue weighted by molar-refractivity contribution is 7.99. The minimum Gasteiger partial charge on any atom is -0.342 e. The number of piperidine rings is 1. The quantitative estimate of drug-likeness (QED) is 0.738. The summed E-state index contributed by atoms with van der Waals surface area (Å²) in [6.07, 6.45) is 7.17. The smallest absolute Gasteiger partial charge is 0.249 e. The zero-order valence-corrected chi connectivity index (χ0v) is 17.2. The topological polar surface area (TPSA) is 78.3 Å². The summed E-state index contributed by atoms with van der Waals surface area (Å²) >= 11 is 3.39. The Morgan fingerprint density at radius 1 is 1.18 bits per heavy atom. The lowest BCUT2D eigenvalue weighted by Crippen LogP contribution is -2.39. The first kappa shape index (κ1) is 17.3. The minimum atomic E-state index is 0.123. The average molecular weight is 418 g/mol. The number of hydrogen-bond acceptors (Lipinski definition) is 8. The van der Waals surface area contributed by atoms with E-state index in [4.69, 9.17) is 0 Å². The van der Waals surface area contributed by atoms with Crippen molar-refractivity contribution in [1.82, 2.24) is 30.4 Å². The Hall–Kier alpha value is -1.62. The van der Waals surface area contributed by atoms with E-state index in [9.17, 15) is 4.79 Å². The number of aromatic nitrogens is 3. The summed E-state index contributed by atoms with van der Waals surface area (Å²) in [6, 6.07) is 0. The van der Waals surface area contributed by atoms with E-state index in [2.05, 4.69) is 30.5 Å². The molecule has 2 fully saturated rings. The highest BCUT2D eigenvalue weighted by atomic mass is 32.2. The predicted molar refractivity (Wildman–Crippen MR) is 109 cm³/mol. The number of carbonyl (C=O) groups excluding carboxylic acids is 1. The highest BCUT2D eigenvalue weighted by Crippen LogP contribution is 2.48. The van der Waals surface area contributed by atoms with Crippen LogP contribution in [0.4, 0.5) is 5.95 Å². The Labute approximate surface area is 171 Å². The van der Waals surface area contributed by atoms with Gasteiger partial charge in [-0.2, -0.15) is 0 Å². The maximum absolute atomic E-state index is 12.6. The van der Waals surface area contributed by atoms with Crippen molar-refractivity contribution in [2.45, 2.75) is 49.8 Å². The van der Waals surface area contributed by atoms with Gasteiger partial charge in [0.05, 0.1) is 12.4 Å². The van der Waals surface area contributed by atoms with Crippen LogP contribution in [-0.2, 0) is 17.6 Å². The molecule has 1 aliphatic carbocycles. The molecule has 0 aromatic carbocycles. The number of hydrogen-bond donors (Lipinski definition) is 2. The maximum Gasteiger partial charge on any atom is 0.249 e. The molecule has 4 aliphatic rings. The van der Waals surface area contributed by atoms with Crippen molar-refractivity contribution in [1.29, 1.82) is 0 Å². The zero-order valence-electron chi connectivity index (χ0n) is 15.6. The SMILES string of the molecule is O=C(CSc1nnc2n1-c1sc3c(c1C1NCNN21)CCC3)N1CCCCC1. The second-order valence-corrected chi connectivity index (χ2v) is 9.76. The number of hydrazine groups is 1. The Morgan fingerprint density at radius 3 is 2.96 bits per heavy atom. The fourth-order valence-corrected chi connectivity index (χ4v) is 7.05. The summed E-state index contributed by atoms with van der Waals surface area (Å²) in [5.74, 6) is 1.45. The van der Waals surface area contributed by atoms with Gasteiger partial charge in [0.25, 0.3) is 0 Å². The molecule has 2 N–H and O–H groups in total. The number of carbonyl (C=O) groups is 1. The molecular weight excluding hydrogens is 394 g/mol. The number of nitrogens with one attached hydrogen (secondary N) is 2. The summed E-state index contributed by atoms with van der Waals surface area (Å²) in [5, 5.41) is 16.6.